The molecule has 0 fully saturated rings. The van der Waals surface area contributed by atoms with Crippen molar-refractivity contribution in [2.75, 3.05) is 0 Å². The third-order valence-corrected chi connectivity index (χ3v) is 4.17. The normalized spacial score (nSPS) is 37.3. The zero-order valence-corrected chi connectivity index (χ0v) is 14.8. The molecule has 1 rings (SSSR count). The summed E-state index contributed by atoms with van der Waals surface area (Å²) in [5.41, 5.74) is 2.62. The van der Waals surface area contributed by atoms with E-state index in [-0.39, 0.29) is 5.92 Å². The molecule has 0 saturated heterocycles. The van der Waals surface area contributed by atoms with Crippen molar-refractivity contribution in [1.29, 1.82) is 0 Å². The Bertz CT molecular complexity index is 476. The van der Waals surface area contributed by atoms with Crippen molar-refractivity contribution in [3.63, 3.8) is 0 Å². The summed E-state index contributed by atoms with van der Waals surface area (Å²) in [6.07, 6.45) is 12.9. The van der Waals surface area contributed by atoms with E-state index in [1.165, 1.54) is 11.1 Å². The summed E-state index contributed by atoms with van der Waals surface area (Å²) in [5, 5.41) is 21.0. The van der Waals surface area contributed by atoms with Gasteiger partial charge in [-0.25, -0.2) is 0 Å². The van der Waals surface area contributed by atoms with Crippen molar-refractivity contribution in [2.45, 2.75) is 72.0 Å². The second-order valence-corrected chi connectivity index (χ2v) is 7.11. The van der Waals surface area contributed by atoms with Crippen LogP contribution in [-0.4, -0.2) is 21.9 Å². The molecule has 2 nitrogen and oxygen atoms in total. The van der Waals surface area contributed by atoms with Crippen molar-refractivity contribution < 1.29 is 10.2 Å². The lowest BCUT2D eigenvalue weighted by atomic mass is 9.88. The molecule has 0 radical (unpaired) electrons. The first-order chi connectivity index (χ1) is 10.2. The summed E-state index contributed by atoms with van der Waals surface area (Å²) < 4.78 is 0. The Kier molecular flexibility index (Phi) is 7.31. The van der Waals surface area contributed by atoms with Gasteiger partial charge >= 0.3 is 0 Å². The van der Waals surface area contributed by atoms with Crippen molar-refractivity contribution in [3.8, 4) is 0 Å². The molecule has 2 atom stereocenters. The lowest BCUT2D eigenvalue weighted by molar-refractivity contribution is 0.0506. The highest BCUT2D eigenvalue weighted by molar-refractivity contribution is 5.23. The standard InChI is InChI=1S/C20H32O2/c1-15(2)18-12-11-17(4)9-6-8-16(3)10-7-13-20(5,22)14-19(18)21/h7-8,11-13,15,19,21-22H,6,9-10,14H2,1-5H3/b13-7+,16-8+,17-11+,18-12-/t19-,20+/m1/s1. The Morgan fingerprint density at radius 3 is 2.50 bits per heavy atom. The molecule has 1 aliphatic carbocycles. The predicted octanol–water partition coefficient (Wildman–Crippen LogP) is 4.70. The minimum absolute atomic E-state index is 0.258. The second-order valence-electron chi connectivity index (χ2n) is 7.11. The van der Waals surface area contributed by atoms with Gasteiger partial charge in [-0.2, -0.15) is 0 Å². The Morgan fingerprint density at radius 2 is 1.86 bits per heavy atom. The van der Waals surface area contributed by atoms with Gasteiger partial charge in [0.15, 0.2) is 0 Å². The van der Waals surface area contributed by atoms with E-state index in [0.717, 1.165) is 24.8 Å². The van der Waals surface area contributed by atoms with E-state index in [1.807, 2.05) is 18.2 Å². The summed E-state index contributed by atoms with van der Waals surface area (Å²) in [5.74, 6) is 0.258. The molecule has 0 amide bonds. The molecular formula is C20H32O2. The fourth-order valence-electron chi connectivity index (χ4n) is 2.72. The maximum Gasteiger partial charge on any atom is 0.0827 e. The highest BCUT2D eigenvalue weighted by atomic mass is 16.3. The Hall–Kier alpha value is -1.12. The van der Waals surface area contributed by atoms with Crippen molar-refractivity contribution >= 4 is 0 Å². The zero-order chi connectivity index (χ0) is 16.8. The Balaban J connectivity index is 3.10. The maximum atomic E-state index is 10.5. The molecule has 0 aliphatic heterocycles. The molecule has 22 heavy (non-hydrogen) atoms. The van der Waals surface area contributed by atoms with Crippen LogP contribution >= 0.6 is 0 Å². The van der Waals surface area contributed by atoms with E-state index in [4.69, 9.17) is 0 Å². The van der Waals surface area contributed by atoms with Crippen LogP contribution in [0.15, 0.2) is 47.1 Å². The van der Waals surface area contributed by atoms with E-state index in [0.29, 0.717) is 6.42 Å². The number of aliphatic hydroxyl groups is 2. The van der Waals surface area contributed by atoms with Crippen molar-refractivity contribution in [2.24, 2.45) is 5.92 Å². The molecule has 0 unspecified atom stereocenters. The SMILES string of the molecule is C/C1=C\CC/C(C)=C/C=C(/C(C)C)[C@H](O)C[C@@](C)(O)/C=C/C1. The van der Waals surface area contributed by atoms with Gasteiger partial charge in [-0.3, -0.25) is 0 Å². The van der Waals surface area contributed by atoms with Gasteiger partial charge in [0.25, 0.3) is 0 Å². The van der Waals surface area contributed by atoms with Crippen LogP contribution in [0.4, 0.5) is 0 Å². The van der Waals surface area contributed by atoms with Gasteiger partial charge in [-0.15, -0.1) is 0 Å². The van der Waals surface area contributed by atoms with E-state index in [2.05, 4.69) is 39.8 Å². The van der Waals surface area contributed by atoms with E-state index in [1.54, 1.807) is 6.92 Å². The lowest BCUT2D eigenvalue weighted by Gasteiger charge is -2.26. The second kappa shape index (κ2) is 8.50. The number of rotatable bonds is 1. The quantitative estimate of drug-likeness (QED) is 0.689. The van der Waals surface area contributed by atoms with Gasteiger partial charge in [0.05, 0.1) is 11.7 Å². The molecule has 0 aromatic carbocycles. The summed E-state index contributed by atoms with van der Waals surface area (Å²) >= 11 is 0. The first-order valence-corrected chi connectivity index (χ1v) is 8.32. The van der Waals surface area contributed by atoms with E-state index >= 15 is 0 Å². The Morgan fingerprint density at radius 1 is 1.18 bits per heavy atom. The van der Waals surface area contributed by atoms with Crippen LogP contribution in [0.3, 0.4) is 0 Å². The first kappa shape index (κ1) is 18.9. The van der Waals surface area contributed by atoms with Crippen molar-refractivity contribution in [3.05, 3.63) is 47.1 Å². The highest BCUT2D eigenvalue weighted by Crippen LogP contribution is 2.24. The zero-order valence-electron chi connectivity index (χ0n) is 14.8. The summed E-state index contributed by atoms with van der Waals surface area (Å²) in [6.45, 7) is 10.2. The van der Waals surface area contributed by atoms with Gasteiger partial charge in [0, 0.05) is 6.42 Å². The highest BCUT2D eigenvalue weighted by Gasteiger charge is 2.24. The molecule has 0 spiro atoms. The van der Waals surface area contributed by atoms with Crippen molar-refractivity contribution in [1.82, 2.24) is 0 Å². The van der Waals surface area contributed by atoms with E-state index < -0.39 is 11.7 Å². The fraction of sp³-hybridized carbons (Fsp3) is 0.600. The number of aliphatic hydroxyl groups excluding tert-OH is 1. The molecule has 2 heteroatoms. The van der Waals surface area contributed by atoms with Gasteiger partial charge in [0.1, 0.15) is 0 Å². The number of hydrogen-bond donors (Lipinski definition) is 2. The molecule has 124 valence electrons. The summed E-state index contributed by atoms with van der Waals surface area (Å²) in [6, 6.07) is 0. The largest absolute Gasteiger partial charge is 0.389 e. The van der Waals surface area contributed by atoms with Crippen LogP contribution in [-0.2, 0) is 0 Å². The van der Waals surface area contributed by atoms with Crippen LogP contribution in [0, 0.1) is 5.92 Å². The molecule has 0 bridgehead atoms. The minimum atomic E-state index is -0.990. The third-order valence-electron chi connectivity index (χ3n) is 4.17. The van der Waals surface area contributed by atoms with E-state index in [9.17, 15) is 10.2 Å². The molecule has 0 aromatic heterocycles. The van der Waals surface area contributed by atoms with Crippen LogP contribution in [0.5, 0.6) is 0 Å². The Labute approximate surface area is 135 Å². The smallest absolute Gasteiger partial charge is 0.0827 e. The van der Waals surface area contributed by atoms with Gasteiger partial charge in [-0.1, -0.05) is 55.4 Å². The average Bonchev–Trinajstić information content (AvgIpc) is 2.36. The first-order valence-electron chi connectivity index (χ1n) is 8.32. The molecule has 1 aliphatic rings. The third kappa shape index (κ3) is 6.76. The van der Waals surface area contributed by atoms with Gasteiger partial charge in [0.2, 0.25) is 0 Å². The molecule has 0 aromatic rings. The summed E-state index contributed by atoms with van der Waals surface area (Å²) in [7, 11) is 0. The van der Waals surface area contributed by atoms with Gasteiger partial charge < -0.3 is 10.2 Å². The molecule has 2 N–H and O–H groups in total. The minimum Gasteiger partial charge on any atom is -0.389 e. The molecule has 0 heterocycles. The van der Waals surface area contributed by atoms with Crippen LogP contribution in [0.25, 0.3) is 0 Å². The van der Waals surface area contributed by atoms with Crippen LogP contribution < -0.4 is 0 Å². The van der Waals surface area contributed by atoms with Gasteiger partial charge in [-0.05, 0) is 51.5 Å². The summed E-state index contributed by atoms with van der Waals surface area (Å²) in [4.78, 5) is 0. The molecule has 0 saturated carbocycles. The maximum absolute atomic E-state index is 10.5. The number of allylic oxidation sites excluding steroid dienone is 6. The van der Waals surface area contributed by atoms with Crippen LogP contribution in [0.2, 0.25) is 0 Å². The number of hydrogen-bond acceptors (Lipinski definition) is 2. The predicted molar refractivity (Wildman–Crippen MR) is 94.7 cm³/mol. The van der Waals surface area contributed by atoms with Crippen LogP contribution in [0.1, 0.15) is 60.3 Å². The average molecular weight is 304 g/mol. The topological polar surface area (TPSA) is 40.5 Å². The monoisotopic (exact) mass is 304 g/mol. The fourth-order valence-corrected chi connectivity index (χ4v) is 2.72. The molecular weight excluding hydrogens is 272 g/mol. The lowest BCUT2D eigenvalue weighted by Crippen LogP contribution is -2.30.